The van der Waals surface area contributed by atoms with Gasteiger partial charge in [-0.2, -0.15) is 0 Å². The summed E-state index contributed by atoms with van der Waals surface area (Å²) in [5.41, 5.74) is -0.891. The lowest BCUT2D eigenvalue weighted by Crippen LogP contribution is -2.23. The van der Waals surface area contributed by atoms with Gasteiger partial charge in [-0.15, -0.1) is 0 Å². The van der Waals surface area contributed by atoms with Crippen LogP contribution in [0.15, 0.2) is 35.2 Å². The van der Waals surface area contributed by atoms with Crippen LogP contribution >= 0.6 is 0 Å². The van der Waals surface area contributed by atoms with Gasteiger partial charge in [0.05, 0.1) is 17.1 Å². The molecular weight excluding hydrogens is 405 g/mol. The molecule has 1 amide bonds. The predicted molar refractivity (Wildman–Crippen MR) is 104 cm³/mol. The minimum Gasteiger partial charge on any atom is -0.492 e. The largest absolute Gasteiger partial charge is 0.492 e. The Hall–Kier alpha value is -3.05. The van der Waals surface area contributed by atoms with Crippen LogP contribution < -0.4 is 10.1 Å². The molecule has 2 rings (SSSR count). The lowest BCUT2D eigenvalue weighted by atomic mass is 10.1. The normalized spacial score (nSPS) is 11.4. The second-order valence-corrected chi connectivity index (χ2v) is 8.32. The first-order chi connectivity index (χ1) is 13.5. The number of carbonyl (C=O) groups excluding carboxylic acids is 1. The average molecular weight is 425 g/mol. The number of benzene rings is 2. The monoisotopic (exact) mass is 425 g/mol. The summed E-state index contributed by atoms with van der Waals surface area (Å²) in [6.45, 7) is 3.16. The van der Waals surface area contributed by atoms with E-state index in [1.165, 1.54) is 39.2 Å². The molecule has 2 aromatic rings. The molecule has 2 aromatic carbocycles. The molecule has 1 N–H and O–H groups in total. The number of nitrogens with one attached hydrogen (secondary N) is 1. The van der Waals surface area contributed by atoms with E-state index in [1.807, 2.05) is 0 Å². The predicted octanol–water partition coefficient (Wildman–Crippen LogP) is 2.94. The van der Waals surface area contributed by atoms with Crippen LogP contribution in [0.5, 0.6) is 5.75 Å². The number of ether oxygens (including phenoxy) is 1. The van der Waals surface area contributed by atoms with Crippen molar-refractivity contribution in [1.82, 2.24) is 4.31 Å². The Morgan fingerprint density at radius 2 is 1.93 bits per heavy atom. The maximum atomic E-state index is 14.0. The van der Waals surface area contributed by atoms with Crippen LogP contribution in [0.4, 0.5) is 15.8 Å². The van der Waals surface area contributed by atoms with E-state index in [9.17, 15) is 27.7 Å². The van der Waals surface area contributed by atoms with Crippen LogP contribution in [0.25, 0.3) is 0 Å². The third-order valence-corrected chi connectivity index (χ3v) is 5.87. The number of amides is 1. The molecule has 0 aliphatic carbocycles. The Balaban J connectivity index is 2.45. The van der Waals surface area contributed by atoms with Gasteiger partial charge >= 0.3 is 0 Å². The summed E-state index contributed by atoms with van der Waals surface area (Å²) in [4.78, 5) is 22.6. The molecule has 0 unspecified atom stereocenters. The van der Waals surface area contributed by atoms with E-state index >= 15 is 0 Å². The Morgan fingerprint density at radius 3 is 2.48 bits per heavy atom. The van der Waals surface area contributed by atoms with Gasteiger partial charge in [0.1, 0.15) is 16.5 Å². The van der Waals surface area contributed by atoms with E-state index in [2.05, 4.69) is 5.32 Å². The minimum absolute atomic E-state index is 0.0996. The van der Waals surface area contributed by atoms with Crippen LogP contribution in [0, 0.1) is 22.9 Å². The maximum absolute atomic E-state index is 14.0. The molecule has 0 atom stereocenters. The van der Waals surface area contributed by atoms with Crippen molar-refractivity contribution >= 4 is 27.3 Å². The SMILES string of the molecule is CCOc1ccc(NC(=O)c2cc(F)c(C)c([N+](=O)[O-])c2)cc1S(=O)(=O)N(C)C. The molecule has 156 valence electrons. The van der Waals surface area contributed by atoms with Gasteiger partial charge in [-0.1, -0.05) is 0 Å². The lowest BCUT2D eigenvalue weighted by molar-refractivity contribution is -0.385. The van der Waals surface area contributed by atoms with Gasteiger partial charge in [0.15, 0.2) is 0 Å². The summed E-state index contributed by atoms with van der Waals surface area (Å²) < 4.78 is 45.4. The molecule has 0 aliphatic heterocycles. The van der Waals surface area contributed by atoms with Crippen molar-refractivity contribution in [3.05, 3.63) is 57.4 Å². The minimum atomic E-state index is -3.88. The van der Waals surface area contributed by atoms with E-state index in [4.69, 9.17) is 4.74 Å². The fourth-order valence-corrected chi connectivity index (χ4v) is 3.50. The topological polar surface area (TPSA) is 119 Å². The molecule has 0 aromatic heterocycles. The highest BCUT2D eigenvalue weighted by Crippen LogP contribution is 2.30. The molecule has 0 bridgehead atoms. The van der Waals surface area contributed by atoms with Gasteiger partial charge in [-0.3, -0.25) is 14.9 Å². The van der Waals surface area contributed by atoms with E-state index in [0.717, 1.165) is 16.4 Å². The Kier molecular flexibility index (Phi) is 6.55. The molecule has 0 heterocycles. The highest BCUT2D eigenvalue weighted by atomic mass is 32.2. The van der Waals surface area contributed by atoms with Crippen molar-refractivity contribution in [3.8, 4) is 5.75 Å². The molecule has 9 nitrogen and oxygen atoms in total. The van der Waals surface area contributed by atoms with E-state index in [1.54, 1.807) is 6.92 Å². The Labute approximate surface area is 167 Å². The number of hydrogen-bond donors (Lipinski definition) is 1. The molecule has 0 aliphatic rings. The number of hydrogen-bond acceptors (Lipinski definition) is 6. The standard InChI is InChI=1S/C18H20FN3O6S/c1-5-28-16-7-6-13(10-17(16)29(26,27)21(3)4)20-18(23)12-8-14(19)11(2)15(9-12)22(24)25/h6-10H,5H2,1-4H3,(H,20,23). The Morgan fingerprint density at radius 1 is 1.28 bits per heavy atom. The highest BCUT2D eigenvalue weighted by molar-refractivity contribution is 7.89. The lowest BCUT2D eigenvalue weighted by Gasteiger charge is -2.16. The summed E-state index contributed by atoms with van der Waals surface area (Å²) >= 11 is 0. The number of nitro groups is 1. The third kappa shape index (κ3) is 4.69. The number of nitrogens with zero attached hydrogens (tertiary/aromatic N) is 2. The van der Waals surface area contributed by atoms with Gasteiger partial charge in [-0.05, 0) is 38.1 Å². The number of nitro benzene ring substituents is 1. The second kappa shape index (κ2) is 8.53. The summed E-state index contributed by atoms with van der Waals surface area (Å²) in [5, 5.41) is 13.5. The van der Waals surface area contributed by atoms with Gasteiger partial charge in [0.25, 0.3) is 11.6 Å². The first-order valence-electron chi connectivity index (χ1n) is 8.44. The zero-order valence-corrected chi connectivity index (χ0v) is 17.0. The van der Waals surface area contributed by atoms with Crippen LogP contribution in [-0.2, 0) is 10.0 Å². The molecule has 0 saturated heterocycles. The first-order valence-corrected chi connectivity index (χ1v) is 9.88. The molecule has 29 heavy (non-hydrogen) atoms. The average Bonchev–Trinajstić information content (AvgIpc) is 2.64. The van der Waals surface area contributed by atoms with Crippen LogP contribution in [0.2, 0.25) is 0 Å². The van der Waals surface area contributed by atoms with Gasteiger partial charge in [0.2, 0.25) is 10.0 Å². The van der Waals surface area contributed by atoms with Crippen LogP contribution in [0.1, 0.15) is 22.8 Å². The van der Waals surface area contributed by atoms with E-state index in [0.29, 0.717) is 0 Å². The summed E-state index contributed by atoms with van der Waals surface area (Å²) in [7, 11) is -1.17. The van der Waals surface area contributed by atoms with Crippen molar-refractivity contribution < 1.29 is 27.3 Å². The maximum Gasteiger partial charge on any atom is 0.276 e. The van der Waals surface area contributed by atoms with Crippen molar-refractivity contribution in [2.75, 3.05) is 26.0 Å². The number of sulfonamides is 1. The highest BCUT2D eigenvalue weighted by Gasteiger charge is 2.24. The number of carbonyl (C=O) groups is 1. The fourth-order valence-electron chi connectivity index (χ4n) is 2.45. The van der Waals surface area contributed by atoms with Gasteiger partial charge < -0.3 is 10.1 Å². The van der Waals surface area contributed by atoms with Crippen LogP contribution in [-0.4, -0.2) is 44.3 Å². The number of rotatable bonds is 7. The van der Waals surface area contributed by atoms with Crippen molar-refractivity contribution in [3.63, 3.8) is 0 Å². The molecular formula is C18H20FN3O6S. The first kappa shape index (κ1) is 22.2. The zero-order chi connectivity index (χ0) is 21.9. The molecule has 0 radical (unpaired) electrons. The fraction of sp³-hybridized carbons (Fsp3) is 0.278. The Bertz CT molecular complexity index is 1070. The summed E-state index contributed by atoms with van der Waals surface area (Å²) in [6.07, 6.45) is 0. The van der Waals surface area contributed by atoms with E-state index in [-0.39, 0.29) is 34.1 Å². The second-order valence-electron chi connectivity index (χ2n) is 6.20. The summed E-state index contributed by atoms with van der Waals surface area (Å²) in [6, 6.07) is 5.84. The molecule has 0 spiro atoms. The quantitative estimate of drug-likeness (QED) is 0.538. The van der Waals surface area contributed by atoms with Crippen molar-refractivity contribution in [1.29, 1.82) is 0 Å². The number of anilines is 1. The van der Waals surface area contributed by atoms with Gasteiger partial charge in [-0.25, -0.2) is 17.1 Å². The molecule has 11 heteroatoms. The van der Waals surface area contributed by atoms with Crippen molar-refractivity contribution in [2.24, 2.45) is 0 Å². The number of halogens is 1. The molecule has 0 fully saturated rings. The van der Waals surface area contributed by atoms with Crippen LogP contribution in [0.3, 0.4) is 0 Å². The smallest absolute Gasteiger partial charge is 0.276 e. The van der Waals surface area contributed by atoms with Crippen molar-refractivity contribution in [2.45, 2.75) is 18.7 Å². The van der Waals surface area contributed by atoms with E-state index < -0.39 is 32.4 Å². The zero-order valence-electron chi connectivity index (χ0n) is 16.2. The third-order valence-electron chi connectivity index (χ3n) is 4.04. The molecule has 0 saturated carbocycles. The van der Waals surface area contributed by atoms with Gasteiger partial charge in [0, 0.05) is 31.4 Å². The summed E-state index contributed by atoms with van der Waals surface area (Å²) in [5.74, 6) is -1.62.